The number of hydrogen-bond acceptors (Lipinski definition) is 3. The number of rotatable bonds is 10. The fourth-order valence-electron chi connectivity index (χ4n) is 1.48. The number of nitrogens with zero attached hydrogens (tertiary/aromatic N) is 1. The molecule has 0 atom stereocenters. The van der Waals surface area contributed by atoms with E-state index in [0.717, 1.165) is 0 Å². The number of phosphoric acid groups is 1. The van der Waals surface area contributed by atoms with Crippen LogP contribution in [0.15, 0.2) is 0 Å². The van der Waals surface area contributed by atoms with Gasteiger partial charge in [-0.15, -0.1) is 0 Å². The third kappa shape index (κ3) is 20.5. The molecule has 0 rings (SSSR count). The minimum atomic E-state index is -4.81. The Kier molecular flexibility index (Phi) is 16.2. The predicted molar refractivity (Wildman–Crippen MR) is 75.4 cm³/mol. The smallest absolute Gasteiger partial charge is 0.303 e. The van der Waals surface area contributed by atoms with Gasteiger partial charge in [0.25, 0.3) is 0 Å². The summed E-state index contributed by atoms with van der Waals surface area (Å²) in [5, 5.41) is 0. The zero-order valence-electron chi connectivity index (χ0n) is 12.3. The number of unbranched alkanes of at least 4 members (excludes halogenated alkanes) is 3. The summed E-state index contributed by atoms with van der Waals surface area (Å²) in [6.07, 6.45) is 8.09. The van der Waals surface area contributed by atoms with Crippen LogP contribution >= 0.6 is 7.82 Å². The molecule has 0 aromatic heterocycles. The molecule has 0 fully saturated rings. The minimum absolute atomic E-state index is 1.32. The molecule has 5 nitrogen and oxygen atoms in total. The van der Waals surface area contributed by atoms with Crippen LogP contribution < -0.4 is 0 Å². The summed E-state index contributed by atoms with van der Waals surface area (Å²) in [6.45, 7) is 10.8. The van der Waals surface area contributed by atoms with E-state index in [1.165, 1.54) is 58.2 Å². The van der Waals surface area contributed by atoms with E-state index in [4.69, 9.17) is 14.4 Å². The van der Waals surface area contributed by atoms with E-state index < -0.39 is 7.82 Å². The average Bonchev–Trinajstić information content (AvgIpc) is 2.38. The monoisotopic (exact) mass is 301 g/mol. The third-order valence-corrected chi connectivity index (χ3v) is 2.75. The Morgan fingerprint density at radius 3 is 1.37 bits per heavy atom. The van der Waals surface area contributed by atoms with Crippen LogP contribution in [0.25, 0.3) is 0 Å². The third-order valence-electron chi connectivity index (χ3n) is 2.57. The second-order valence-corrected chi connectivity index (χ2v) is 5.58. The molecular formula is C12H29FNO4P. The molecule has 0 aliphatic rings. The van der Waals surface area contributed by atoms with Crippen molar-refractivity contribution in [2.24, 2.45) is 0 Å². The van der Waals surface area contributed by atoms with Crippen molar-refractivity contribution >= 4 is 7.82 Å². The zero-order chi connectivity index (χ0) is 15.1. The van der Waals surface area contributed by atoms with E-state index in [1.807, 2.05) is 0 Å². The van der Waals surface area contributed by atoms with Crippen molar-refractivity contribution in [3.05, 3.63) is 0 Å². The first-order chi connectivity index (χ1) is 8.91. The molecule has 0 aromatic rings. The lowest BCUT2D eigenvalue weighted by Crippen LogP contribution is -2.27. The van der Waals surface area contributed by atoms with Crippen LogP contribution in [-0.4, -0.2) is 34.3 Å². The van der Waals surface area contributed by atoms with Gasteiger partial charge in [-0.05, 0) is 43.4 Å². The summed E-state index contributed by atoms with van der Waals surface area (Å²) in [6, 6.07) is 0. The molecule has 0 radical (unpaired) electrons. The molecule has 0 saturated carbocycles. The lowest BCUT2D eigenvalue weighted by Gasteiger charge is -2.21. The Bertz CT molecular complexity index is 207. The van der Waals surface area contributed by atoms with Gasteiger partial charge in [0.2, 0.25) is 0 Å². The molecule has 7 heteroatoms. The van der Waals surface area contributed by atoms with Crippen LogP contribution in [0.2, 0.25) is 0 Å². The van der Waals surface area contributed by atoms with Gasteiger partial charge in [0, 0.05) is 0 Å². The van der Waals surface area contributed by atoms with Gasteiger partial charge in [-0.2, -0.15) is 0 Å². The normalized spacial score (nSPS) is 11.3. The van der Waals surface area contributed by atoms with Crippen molar-refractivity contribution in [2.75, 3.05) is 19.6 Å². The van der Waals surface area contributed by atoms with Gasteiger partial charge < -0.3 is 14.7 Å². The van der Waals surface area contributed by atoms with Crippen molar-refractivity contribution in [3.63, 3.8) is 0 Å². The molecular weight excluding hydrogens is 272 g/mol. The number of hydrogen-bond donors (Lipinski definition) is 2. The first kappa shape index (κ1) is 21.3. The number of halogens is 1. The summed E-state index contributed by atoms with van der Waals surface area (Å²) < 4.78 is 21.4. The van der Waals surface area contributed by atoms with E-state index in [2.05, 4.69) is 30.4 Å². The molecule has 19 heavy (non-hydrogen) atoms. The summed E-state index contributed by atoms with van der Waals surface area (Å²) in [5.41, 5.74) is 0. The Balaban J connectivity index is 0. The highest BCUT2D eigenvalue weighted by molar-refractivity contribution is 7.46. The second kappa shape index (κ2) is 14.4. The maximum absolute atomic E-state index is 10.2. The first-order valence-corrected chi connectivity index (χ1v) is 8.52. The quantitative estimate of drug-likeness (QED) is 0.602. The van der Waals surface area contributed by atoms with Gasteiger partial charge in [0.05, 0.1) is 0 Å². The first-order valence-electron chi connectivity index (χ1n) is 6.99. The Hall–Kier alpha value is -0.0000000000000000555. The fourth-order valence-corrected chi connectivity index (χ4v) is 1.48. The molecule has 0 aliphatic carbocycles. The van der Waals surface area contributed by atoms with Crippen LogP contribution in [0, 0.1) is 0 Å². The van der Waals surface area contributed by atoms with Crippen molar-refractivity contribution < 1.29 is 23.6 Å². The maximum Gasteiger partial charge on any atom is 0.500 e. The van der Waals surface area contributed by atoms with Gasteiger partial charge in [0.15, 0.2) is 0 Å². The highest BCUT2D eigenvalue weighted by atomic mass is 31.2. The summed E-state index contributed by atoms with van der Waals surface area (Å²) in [7, 11) is -4.81. The van der Waals surface area contributed by atoms with Gasteiger partial charge in [-0.3, -0.25) is 0 Å². The average molecular weight is 301 g/mol. The van der Waals surface area contributed by atoms with Crippen LogP contribution in [0.5, 0.6) is 0 Å². The Morgan fingerprint density at radius 1 is 0.947 bits per heavy atom. The van der Waals surface area contributed by atoms with E-state index in [1.54, 1.807) is 0 Å². The van der Waals surface area contributed by atoms with Crippen molar-refractivity contribution in [3.8, 4) is 0 Å². The van der Waals surface area contributed by atoms with Crippen LogP contribution in [-0.2, 0) is 9.29 Å². The van der Waals surface area contributed by atoms with E-state index >= 15 is 0 Å². The lowest BCUT2D eigenvalue weighted by molar-refractivity contribution is -0.0389. The fraction of sp³-hybridized carbons (Fsp3) is 1.00. The molecule has 0 bridgehead atoms. The van der Waals surface area contributed by atoms with Gasteiger partial charge in [-0.25, -0.2) is 4.57 Å². The molecule has 118 valence electrons. The molecule has 0 aliphatic heterocycles. The summed E-state index contributed by atoms with van der Waals surface area (Å²) >= 11 is 0. The van der Waals surface area contributed by atoms with Gasteiger partial charge in [-0.1, -0.05) is 44.8 Å². The van der Waals surface area contributed by atoms with E-state index in [0.29, 0.717) is 0 Å². The van der Waals surface area contributed by atoms with Crippen molar-refractivity contribution in [1.29, 1.82) is 0 Å². The molecule has 0 aromatic carbocycles. The largest absolute Gasteiger partial charge is 0.500 e. The molecule has 2 N–H and O–H groups in total. The Morgan fingerprint density at radius 2 is 1.21 bits per heavy atom. The van der Waals surface area contributed by atoms with Crippen molar-refractivity contribution in [2.45, 2.75) is 59.3 Å². The Labute approximate surface area is 116 Å². The molecule has 0 spiro atoms. The minimum Gasteiger partial charge on any atom is -0.303 e. The van der Waals surface area contributed by atoms with E-state index in [-0.39, 0.29) is 0 Å². The van der Waals surface area contributed by atoms with Gasteiger partial charge in [0.1, 0.15) is 0 Å². The van der Waals surface area contributed by atoms with Crippen molar-refractivity contribution in [1.82, 2.24) is 4.90 Å². The highest BCUT2D eigenvalue weighted by Gasteiger charge is 2.12. The second-order valence-electron chi connectivity index (χ2n) is 4.46. The topological polar surface area (TPSA) is 70.0 Å². The maximum atomic E-state index is 10.2. The summed E-state index contributed by atoms with van der Waals surface area (Å²) in [4.78, 5) is 17.3. The van der Waals surface area contributed by atoms with Crippen LogP contribution in [0.4, 0.5) is 4.53 Å². The molecule has 0 heterocycles. The van der Waals surface area contributed by atoms with E-state index in [9.17, 15) is 4.53 Å². The highest BCUT2D eigenvalue weighted by Crippen LogP contribution is 2.35. The van der Waals surface area contributed by atoms with Crippen LogP contribution in [0.1, 0.15) is 59.3 Å². The standard InChI is InChI=1S/C12H27N.FH2O4P/c1-4-7-10-13(11-8-5-2)12-9-6-3;1-5-6(2,3)4/h4-12H2,1-3H3;(H2,2,3,4). The molecule has 0 saturated heterocycles. The predicted octanol–water partition coefficient (Wildman–Crippen LogP) is 3.67. The zero-order valence-corrected chi connectivity index (χ0v) is 13.2. The van der Waals surface area contributed by atoms with Crippen LogP contribution in [0.3, 0.4) is 0 Å². The van der Waals surface area contributed by atoms with Gasteiger partial charge >= 0.3 is 7.82 Å². The molecule has 0 amide bonds. The lowest BCUT2D eigenvalue weighted by atomic mass is 10.2. The summed E-state index contributed by atoms with van der Waals surface area (Å²) in [5.74, 6) is 0. The molecule has 0 unspecified atom stereocenters. The SMILES string of the molecule is CCCCN(CCCC)CCCC.O=P(O)(O)OF.